The Kier molecular flexibility index (Phi) is 8.90. The molecule has 5 nitrogen and oxygen atoms in total. The highest BCUT2D eigenvalue weighted by atomic mass is 35.5. The van der Waals surface area contributed by atoms with Crippen molar-refractivity contribution in [3.05, 3.63) is 101 Å². The number of carbonyl (C=O) groups is 2. The third-order valence-electron chi connectivity index (χ3n) is 5.50. The summed E-state index contributed by atoms with van der Waals surface area (Å²) in [4.78, 5) is 27.8. The highest BCUT2D eigenvalue weighted by molar-refractivity contribution is 6.30. The van der Waals surface area contributed by atoms with Gasteiger partial charge in [-0.3, -0.25) is 9.59 Å². The number of hydrogen-bond acceptors (Lipinski definition) is 3. The average Bonchev–Trinajstić information content (AvgIpc) is 2.84. The molecular formula is C27H29ClN2O3. The van der Waals surface area contributed by atoms with Crippen LogP contribution in [0.4, 0.5) is 0 Å². The van der Waals surface area contributed by atoms with Gasteiger partial charge in [-0.1, -0.05) is 66.2 Å². The number of carbonyl (C=O) groups excluding carboxylic acids is 2. The lowest BCUT2D eigenvalue weighted by atomic mass is 10.1. The second-order valence-corrected chi connectivity index (χ2v) is 8.31. The lowest BCUT2D eigenvalue weighted by Crippen LogP contribution is -2.48. The molecule has 0 aliphatic heterocycles. The molecule has 0 aromatic heterocycles. The summed E-state index contributed by atoms with van der Waals surface area (Å²) < 4.78 is 5.18. The molecule has 0 heterocycles. The van der Waals surface area contributed by atoms with Gasteiger partial charge in [-0.15, -0.1) is 0 Å². The van der Waals surface area contributed by atoms with Crippen LogP contribution in [0.15, 0.2) is 78.9 Å². The molecule has 0 saturated heterocycles. The highest BCUT2D eigenvalue weighted by Crippen LogP contribution is 2.15. The molecule has 3 aromatic rings. The van der Waals surface area contributed by atoms with Crippen molar-refractivity contribution in [2.24, 2.45) is 0 Å². The fourth-order valence-corrected chi connectivity index (χ4v) is 3.64. The molecule has 0 unspecified atom stereocenters. The van der Waals surface area contributed by atoms with Gasteiger partial charge in [-0.2, -0.15) is 0 Å². The predicted molar refractivity (Wildman–Crippen MR) is 131 cm³/mol. The molecule has 0 bridgehead atoms. The Morgan fingerprint density at radius 3 is 2.18 bits per heavy atom. The Bertz CT molecular complexity index is 1040. The summed E-state index contributed by atoms with van der Waals surface area (Å²) in [5, 5.41) is 3.59. The van der Waals surface area contributed by atoms with Crippen LogP contribution in [0.5, 0.6) is 5.75 Å². The van der Waals surface area contributed by atoms with Crippen LogP contribution in [-0.4, -0.2) is 36.4 Å². The molecule has 0 aliphatic carbocycles. The molecule has 0 radical (unpaired) electrons. The van der Waals surface area contributed by atoms with Gasteiger partial charge < -0.3 is 15.0 Å². The van der Waals surface area contributed by atoms with Crippen molar-refractivity contribution in [2.75, 3.05) is 13.7 Å². The van der Waals surface area contributed by atoms with Crippen molar-refractivity contribution in [2.45, 2.75) is 32.4 Å². The van der Waals surface area contributed by atoms with Gasteiger partial charge in [0.05, 0.1) is 13.5 Å². The molecule has 0 saturated carbocycles. The zero-order valence-corrected chi connectivity index (χ0v) is 19.7. The maximum Gasteiger partial charge on any atom is 0.242 e. The van der Waals surface area contributed by atoms with E-state index in [1.165, 1.54) is 0 Å². The SMILES string of the molecule is COc1ccc(CCNC(=O)[C@@H](C)N(Cc2ccccc2)C(=O)Cc2ccc(Cl)cc2)cc1. The first-order valence-electron chi connectivity index (χ1n) is 10.9. The first kappa shape index (κ1) is 24.3. The molecule has 6 heteroatoms. The second-order valence-electron chi connectivity index (χ2n) is 7.88. The molecule has 0 aliphatic rings. The van der Waals surface area contributed by atoms with Gasteiger partial charge in [0.2, 0.25) is 11.8 Å². The van der Waals surface area contributed by atoms with E-state index in [4.69, 9.17) is 16.3 Å². The summed E-state index contributed by atoms with van der Waals surface area (Å²) in [5.41, 5.74) is 2.93. The zero-order valence-electron chi connectivity index (χ0n) is 19.0. The van der Waals surface area contributed by atoms with Crippen molar-refractivity contribution in [3.63, 3.8) is 0 Å². The molecule has 1 atom stereocenters. The van der Waals surface area contributed by atoms with Crippen molar-refractivity contribution in [3.8, 4) is 5.75 Å². The molecule has 172 valence electrons. The summed E-state index contributed by atoms with van der Waals surface area (Å²) >= 11 is 5.96. The molecule has 0 spiro atoms. The van der Waals surface area contributed by atoms with E-state index in [0.29, 0.717) is 24.5 Å². The van der Waals surface area contributed by atoms with E-state index in [2.05, 4.69) is 5.32 Å². The van der Waals surface area contributed by atoms with Crippen molar-refractivity contribution >= 4 is 23.4 Å². The Morgan fingerprint density at radius 2 is 1.55 bits per heavy atom. The third kappa shape index (κ3) is 7.36. The molecule has 2 amide bonds. The summed E-state index contributed by atoms with van der Waals surface area (Å²) in [6, 6.07) is 24.0. The Hall–Kier alpha value is -3.31. The Morgan fingerprint density at radius 1 is 0.909 bits per heavy atom. The van der Waals surface area contributed by atoms with Crippen LogP contribution in [0.25, 0.3) is 0 Å². The number of benzene rings is 3. The number of ether oxygens (including phenoxy) is 1. The average molecular weight is 465 g/mol. The van der Waals surface area contributed by atoms with Gasteiger partial charge in [0.15, 0.2) is 0 Å². The lowest BCUT2D eigenvalue weighted by molar-refractivity contribution is -0.140. The minimum atomic E-state index is -0.610. The maximum absolute atomic E-state index is 13.2. The third-order valence-corrected chi connectivity index (χ3v) is 5.76. The van der Waals surface area contributed by atoms with E-state index in [1.807, 2.05) is 66.7 Å². The number of methoxy groups -OCH3 is 1. The standard InChI is InChI=1S/C27H29ClN2O3/c1-20(27(32)29-17-16-21-10-14-25(33-2)15-11-21)30(19-23-6-4-3-5-7-23)26(31)18-22-8-12-24(28)13-9-22/h3-15,20H,16-19H2,1-2H3,(H,29,32)/t20-/m1/s1. The number of hydrogen-bond donors (Lipinski definition) is 1. The van der Waals surface area contributed by atoms with Crippen molar-refractivity contribution < 1.29 is 14.3 Å². The van der Waals surface area contributed by atoms with Crippen molar-refractivity contribution in [1.82, 2.24) is 10.2 Å². The minimum absolute atomic E-state index is 0.112. The molecular weight excluding hydrogens is 436 g/mol. The first-order valence-corrected chi connectivity index (χ1v) is 11.3. The summed E-state index contributed by atoms with van der Waals surface area (Å²) in [6.45, 7) is 2.62. The van der Waals surface area contributed by atoms with Crippen LogP contribution >= 0.6 is 11.6 Å². The van der Waals surface area contributed by atoms with Gasteiger partial charge in [-0.25, -0.2) is 0 Å². The normalized spacial score (nSPS) is 11.5. The topological polar surface area (TPSA) is 58.6 Å². The molecule has 1 N–H and O–H groups in total. The van der Waals surface area contributed by atoms with E-state index >= 15 is 0 Å². The first-order chi connectivity index (χ1) is 16.0. The van der Waals surface area contributed by atoms with E-state index in [1.54, 1.807) is 31.1 Å². The largest absolute Gasteiger partial charge is 0.497 e. The van der Waals surface area contributed by atoms with Gasteiger partial charge in [0.1, 0.15) is 11.8 Å². The van der Waals surface area contributed by atoms with Gasteiger partial charge in [0, 0.05) is 18.1 Å². The van der Waals surface area contributed by atoms with Crippen LogP contribution < -0.4 is 10.1 Å². The van der Waals surface area contributed by atoms with E-state index in [9.17, 15) is 9.59 Å². The van der Waals surface area contributed by atoms with Gasteiger partial charge in [0.25, 0.3) is 0 Å². The van der Waals surface area contributed by atoms with Crippen LogP contribution in [-0.2, 0) is 29.0 Å². The number of nitrogens with zero attached hydrogens (tertiary/aromatic N) is 1. The summed E-state index contributed by atoms with van der Waals surface area (Å²) in [5.74, 6) is 0.509. The van der Waals surface area contributed by atoms with E-state index in [-0.39, 0.29) is 18.2 Å². The molecule has 33 heavy (non-hydrogen) atoms. The number of nitrogens with one attached hydrogen (secondary N) is 1. The van der Waals surface area contributed by atoms with Crippen LogP contribution in [0, 0.1) is 0 Å². The molecule has 3 rings (SSSR count). The van der Waals surface area contributed by atoms with Crippen LogP contribution in [0.2, 0.25) is 5.02 Å². The molecule has 3 aromatic carbocycles. The minimum Gasteiger partial charge on any atom is -0.497 e. The smallest absolute Gasteiger partial charge is 0.242 e. The maximum atomic E-state index is 13.2. The highest BCUT2D eigenvalue weighted by Gasteiger charge is 2.26. The molecule has 0 fully saturated rings. The van der Waals surface area contributed by atoms with Gasteiger partial charge in [-0.05, 0) is 54.3 Å². The van der Waals surface area contributed by atoms with Crippen LogP contribution in [0.1, 0.15) is 23.6 Å². The number of amides is 2. The second kappa shape index (κ2) is 12.1. The lowest BCUT2D eigenvalue weighted by Gasteiger charge is -2.29. The fraction of sp³-hybridized carbons (Fsp3) is 0.259. The Labute approximate surface area is 200 Å². The number of rotatable bonds is 10. The monoisotopic (exact) mass is 464 g/mol. The van der Waals surface area contributed by atoms with Crippen molar-refractivity contribution in [1.29, 1.82) is 0 Å². The Balaban J connectivity index is 1.64. The zero-order chi connectivity index (χ0) is 23.6. The quantitative estimate of drug-likeness (QED) is 0.474. The number of halogens is 1. The van der Waals surface area contributed by atoms with Crippen LogP contribution in [0.3, 0.4) is 0 Å². The summed E-state index contributed by atoms with van der Waals surface area (Å²) in [7, 11) is 1.63. The van der Waals surface area contributed by atoms with E-state index < -0.39 is 6.04 Å². The van der Waals surface area contributed by atoms with Gasteiger partial charge >= 0.3 is 0 Å². The van der Waals surface area contributed by atoms with E-state index in [0.717, 1.165) is 22.4 Å². The fourth-order valence-electron chi connectivity index (χ4n) is 3.51. The predicted octanol–water partition coefficient (Wildman–Crippen LogP) is 4.67. The summed E-state index contributed by atoms with van der Waals surface area (Å²) in [6.07, 6.45) is 0.896.